The van der Waals surface area contributed by atoms with Gasteiger partial charge < -0.3 is 10.8 Å². The van der Waals surface area contributed by atoms with Crippen molar-refractivity contribution in [2.24, 2.45) is 5.73 Å². The van der Waals surface area contributed by atoms with Crippen molar-refractivity contribution in [3.05, 3.63) is 29.8 Å². The van der Waals surface area contributed by atoms with Crippen LogP contribution in [0.25, 0.3) is 0 Å². The van der Waals surface area contributed by atoms with Gasteiger partial charge in [0.2, 0.25) is 5.91 Å². The second kappa shape index (κ2) is 3.09. The van der Waals surface area contributed by atoms with Gasteiger partial charge in [0.25, 0.3) is 0 Å². The number of carbonyl (C=O) groups is 1. The predicted octanol–water partition coefficient (Wildman–Crippen LogP) is 1.16. The summed E-state index contributed by atoms with van der Waals surface area (Å²) in [6, 6.07) is 6.47. The van der Waals surface area contributed by atoms with Crippen molar-refractivity contribution in [2.45, 2.75) is 19.3 Å². The number of aromatic hydroxyl groups is 1. The van der Waals surface area contributed by atoms with Crippen LogP contribution in [0.5, 0.6) is 5.75 Å². The summed E-state index contributed by atoms with van der Waals surface area (Å²) in [7, 11) is 0. The monoisotopic (exact) mass is 179 g/mol. The Morgan fingerprint density at radius 2 is 1.77 bits per heavy atom. The number of carbonyl (C=O) groups excluding carboxylic acids is 1. The molecule has 1 aromatic carbocycles. The van der Waals surface area contributed by atoms with Crippen LogP contribution in [-0.2, 0) is 10.2 Å². The summed E-state index contributed by atoms with van der Waals surface area (Å²) in [6.07, 6.45) is 0. The molecule has 0 fully saturated rings. The van der Waals surface area contributed by atoms with Gasteiger partial charge in [0.1, 0.15) is 5.75 Å². The van der Waals surface area contributed by atoms with E-state index in [1.54, 1.807) is 38.1 Å². The maximum absolute atomic E-state index is 11.1. The number of rotatable bonds is 2. The number of amides is 1. The summed E-state index contributed by atoms with van der Waals surface area (Å²) >= 11 is 0. The Hall–Kier alpha value is -1.51. The lowest BCUT2D eigenvalue weighted by Crippen LogP contribution is -2.35. The van der Waals surface area contributed by atoms with E-state index in [0.717, 1.165) is 5.56 Å². The summed E-state index contributed by atoms with van der Waals surface area (Å²) in [5.74, 6) is -0.192. The van der Waals surface area contributed by atoms with E-state index in [2.05, 4.69) is 0 Å². The van der Waals surface area contributed by atoms with Crippen LogP contribution < -0.4 is 5.73 Å². The molecule has 0 spiro atoms. The molecule has 0 unspecified atom stereocenters. The van der Waals surface area contributed by atoms with Crippen molar-refractivity contribution in [3.63, 3.8) is 0 Å². The molecule has 0 saturated carbocycles. The third-order valence-electron chi connectivity index (χ3n) is 2.20. The zero-order valence-electron chi connectivity index (χ0n) is 7.74. The molecule has 1 rings (SSSR count). The average Bonchev–Trinajstić information content (AvgIpc) is 2.04. The Labute approximate surface area is 77.2 Å². The Balaban J connectivity index is 3.08. The predicted molar refractivity (Wildman–Crippen MR) is 50.3 cm³/mol. The van der Waals surface area contributed by atoms with Crippen LogP contribution in [0.4, 0.5) is 0 Å². The minimum Gasteiger partial charge on any atom is -0.508 e. The molecular weight excluding hydrogens is 166 g/mol. The minimum atomic E-state index is -0.687. The minimum absolute atomic E-state index is 0.184. The van der Waals surface area contributed by atoms with Crippen molar-refractivity contribution in [1.29, 1.82) is 0 Å². The van der Waals surface area contributed by atoms with Crippen molar-refractivity contribution < 1.29 is 9.90 Å². The third-order valence-corrected chi connectivity index (χ3v) is 2.20. The van der Waals surface area contributed by atoms with Crippen LogP contribution in [0.2, 0.25) is 0 Å². The first-order valence-corrected chi connectivity index (χ1v) is 4.04. The fourth-order valence-electron chi connectivity index (χ4n) is 1.02. The molecule has 13 heavy (non-hydrogen) atoms. The van der Waals surface area contributed by atoms with Gasteiger partial charge in [0.15, 0.2) is 0 Å². The lowest BCUT2D eigenvalue weighted by molar-refractivity contribution is -0.122. The van der Waals surface area contributed by atoms with Gasteiger partial charge in [0, 0.05) is 0 Å². The molecule has 0 atom stereocenters. The normalized spacial score (nSPS) is 11.2. The number of hydrogen-bond donors (Lipinski definition) is 2. The molecule has 0 aliphatic carbocycles. The third kappa shape index (κ3) is 1.80. The van der Waals surface area contributed by atoms with Gasteiger partial charge >= 0.3 is 0 Å². The highest BCUT2D eigenvalue weighted by Gasteiger charge is 2.26. The van der Waals surface area contributed by atoms with E-state index >= 15 is 0 Å². The molecule has 70 valence electrons. The second-order valence-corrected chi connectivity index (χ2v) is 3.54. The van der Waals surface area contributed by atoms with Gasteiger partial charge in [-0.1, -0.05) is 12.1 Å². The number of hydrogen-bond acceptors (Lipinski definition) is 2. The first-order chi connectivity index (χ1) is 5.94. The Morgan fingerprint density at radius 3 is 2.15 bits per heavy atom. The first-order valence-electron chi connectivity index (χ1n) is 4.04. The Morgan fingerprint density at radius 1 is 1.31 bits per heavy atom. The fraction of sp³-hybridized carbons (Fsp3) is 0.300. The van der Waals surface area contributed by atoms with Crippen molar-refractivity contribution in [1.82, 2.24) is 0 Å². The van der Waals surface area contributed by atoms with Crippen molar-refractivity contribution in [2.75, 3.05) is 0 Å². The van der Waals surface area contributed by atoms with Gasteiger partial charge in [0.05, 0.1) is 5.41 Å². The van der Waals surface area contributed by atoms with Crippen LogP contribution in [0, 0.1) is 0 Å². The molecule has 1 aromatic rings. The summed E-state index contributed by atoms with van der Waals surface area (Å²) in [6.45, 7) is 3.50. The van der Waals surface area contributed by atoms with Gasteiger partial charge in [-0.3, -0.25) is 4.79 Å². The molecule has 0 radical (unpaired) electrons. The summed E-state index contributed by atoms with van der Waals surface area (Å²) < 4.78 is 0. The first kappa shape index (κ1) is 9.58. The molecule has 3 heteroatoms. The smallest absolute Gasteiger partial charge is 0.227 e. The standard InChI is InChI=1S/C10H13NO2/c1-10(2,9(11)13)7-3-5-8(12)6-4-7/h3-6,12H,1-2H3,(H2,11,13). The molecular formula is C10H13NO2. The van der Waals surface area contributed by atoms with E-state index < -0.39 is 5.41 Å². The van der Waals surface area contributed by atoms with E-state index in [0.29, 0.717) is 0 Å². The van der Waals surface area contributed by atoms with Crippen LogP contribution in [0.1, 0.15) is 19.4 Å². The number of phenolic OH excluding ortho intramolecular Hbond substituents is 1. The molecule has 0 saturated heterocycles. The van der Waals surface area contributed by atoms with Gasteiger partial charge in [-0.2, -0.15) is 0 Å². The topological polar surface area (TPSA) is 63.3 Å². The van der Waals surface area contributed by atoms with E-state index in [4.69, 9.17) is 10.8 Å². The van der Waals surface area contributed by atoms with E-state index in [9.17, 15) is 4.79 Å². The van der Waals surface area contributed by atoms with Crippen molar-refractivity contribution in [3.8, 4) is 5.75 Å². The van der Waals surface area contributed by atoms with Crippen LogP contribution in [-0.4, -0.2) is 11.0 Å². The van der Waals surface area contributed by atoms with Crippen LogP contribution in [0.3, 0.4) is 0 Å². The van der Waals surface area contributed by atoms with Gasteiger partial charge in [-0.25, -0.2) is 0 Å². The SMILES string of the molecule is CC(C)(C(N)=O)c1ccc(O)cc1. The van der Waals surface area contributed by atoms with Gasteiger partial charge in [-0.15, -0.1) is 0 Å². The number of phenols is 1. The average molecular weight is 179 g/mol. The largest absolute Gasteiger partial charge is 0.508 e. The molecule has 0 aromatic heterocycles. The van der Waals surface area contributed by atoms with Crippen LogP contribution >= 0.6 is 0 Å². The maximum Gasteiger partial charge on any atom is 0.227 e. The second-order valence-electron chi connectivity index (χ2n) is 3.54. The molecule has 0 aliphatic heterocycles. The summed E-state index contributed by atoms with van der Waals surface area (Å²) in [5.41, 5.74) is 5.36. The van der Waals surface area contributed by atoms with Crippen LogP contribution in [0.15, 0.2) is 24.3 Å². The number of nitrogens with two attached hydrogens (primary N) is 1. The lowest BCUT2D eigenvalue weighted by atomic mass is 9.84. The summed E-state index contributed by atoms with van der Waals surface area (Å²) in [4.78, 5) is 11.1. The molecule has 3 N–H and O–H groups in total. The molecule has 0 heterocycles. The van der Waals surface area contributed by atoms with E-state index in [1.165, 1.54) is 0 Å². The van der Waals surface area contributed by atoms with Crippen molar-refractivity contribution >= 4 is 5.91 Å². The zero-order valence-corrected chi connectivity index (χ0v) is 7.74. The Bertz CT molecular complexity index is 314. The number of benzene rings is 1. The fourth-order valence-corrected chi connectivity index (χ4v) is 1.02. The molecule has 0 aliphatic rings. The highest BCUT2D eigenvalue weighted by Crippen LogP contribution is 2.24. The quantitative estimate of drug-likeness (QED) is 0.715. The summed E-state index contributed by atoms with van der Waals surface area (Å²) in [5, 5.41) is 9.04. The highest BCUT2D eigenvalue weighted by molar-refractivity contribution is 5.85. The molecule has 1 amide bonds. The van der Waals surface area contributed by atoms with Gasteiger partial charge in [-0.05, 0) is 31.5 Å². The lowest BCUT2D eigenvalue weighted by Gasteiger charge is -2.20. The Kier molecular flexibility index (Phi) is 2.28. The van der Waals surface area contributed by atoms with E-state index in [-0.39, 0.29) is 11.7 Å². The molecule has 0 bridgehead atoms. The number of primary amides is 1. The molecule has 3 nitrogen and oxygen atoms in total. The maximum atomic E-state index is 11.1. The highest BCUT2D eigenvalue weighted by atomic mass is 16.3. The van der Waals surface area contributed by atoms with E-state index in [1.807, 2.05) is 0 Å². The zero-order chi connectivity index (χ0) is 10.1.